The molecule has 0 N–H and O–H groups in total. The van der Waals surface area contributed by atoms with Crippen molar-refractivity contribution in [3.05, 3.63) is 29.3 Å². The van der Waals surface area contributed by atoms with E-state index in [0.29, 0.717) is 5.69 Å². The fraction of sp³-hybridized carbons (Fsp3) is 0.389. The molecular formula is C18H19N3O5. The molecule has 2 heterocycles. The lowest BCUT2D eigenvalue weighted by Crippen LogP contribution is -2.51. The minimum absolute atomic E-state index is 0.0499. The van der Waals surface area contributed by atoms with E-state index in [0.717, 1.165) is 21.0 Å². The van der Waals surface area contributed by atoms with Crippen molar-refractivity contribution in [3.8, 4) is 0 Å². The van der Waals surface area contributed by atoms with Gasteiger partial charge in [-0.3, -0.25) is 14.4 Å². The van der Waals surface area contributed by atoms with Crippen molar-refractivity contribution < 1.29 is 23.9 Å². The second-order valence-corrected chi connectivity index (χ2v) is 6.63. The van der Waals surface area contributed by atoms with Crippen molar-refractivity contribution in [2.45, 2.75) is 39.2 Å². The Hall–Kier alpha value is -3.03. The van der Waals surface area contributed by atoms with Crippen molar-refractivity contribution in [1.82, 2.24) is 5.01 Å². The van der Waals surface area contributed by atoms with Crippen molar-refractivity contribution in [2.24, 2.45) is 5.10 Å². The molecule has 0 aromatic heterocycles. The first-order valence-corrected chi connectivity index (χ1v) is 8.12. The Morgan fingerprint density at radius 2 is 1.73 bits per heavy atom. The number of hydrazone groups is 1. The molecule has 0 bridgehead atoms. The topological polar surface area (TPSA) is 96.3 Å². The molecule has 0 radical (unpaired) electrons. The van der Waals surface area contributed by atoms with Crippen LogP contribution < -0.4 is 4.90 Å². The lowest BCUT2D eigenvalue weighted by Gasteiger charge is -2.29. The van der Waals surface area contributed by atoms with Gasteiger partial charge in [-0.2, -0.15) is 5.10 Å². The lowest BCUT2D eigenvalue weighted by atomic mass is 9.91. The minimum Gasteiger partial charge on any atom is -0.464 e. The van der Waals surface area contributed by atoms with Crippen molar-refractivity contribution in [3.63, 3.8) is 0 Å². The number of rotatable bonds is 2. The molecule has 3 rings (SSSR count). The van der Waals surface area contributed by atoms with Gasteiger partial charge in [-0.25, -0.2) is 14.7 Å². The van der Waals surface area contributed by atoms with Gasteiger partial charge in [-0.05, 0) is 37.1 Å². The first kappa shape index (κ1) is 17.8. The van der Waals surface area contributed by atoms with Gasteiger partial charge in [-0.15, -0.1) is 0 Å². The molecule has 1 fully saturated rings. The van der Waals surface area contributed by atoms with Crippen molar-refractivity contribution in [1.29, 1.82) is 0 Å². The van der Waals surface area contributed by atoms with Gasteiger partial charge in [-0.1, -0.05) is 6.07 Å². The van der Waals surface area contributed by atoms with Gasteiger partial charge < -0.3 is 4.74 Å². The lowest BCUT2D eigenvalue weighted by molar-refractivity contribution is -0.141. The Morgan fingerprint density at radius 3 is 2.27 bits per heavy atom. The molecule has 0 saturated carbocycles. The third-order valence-corrected chi connectivity index (χ3v) is 4.56. The van der Waals surface area contributed by atoms with Crippen LogP contribution in [0.25, 0.3) is 0 Å². The molecule has 0 unspecified atom stereocenters. The van der Waals surface area contributed by atoms with Crippen molar-refractivity contribution >= 4 is 35.1 Å². The van der Waals surface area contributed by atoms with Gasteiger partial charge >= 0.3 is 5.97 Å². The molecule has 1 aromatic rings. The molecule has 2 aliphatic heterocycles. The Morgan fingerprint density at radius 1 is 1.12 bits per heavy atom. The summed E-state index contributed by atoms with van der Waals surface area (Å²) in [6.45, 7) is 4.98. The first-order valence-electron chi connectivity index (χ1n) is 8.12. The number of aryl methyl sites for hydroxylation is 2. The van der Waals surface area contributed by atoms with E-state index in [-0.39, 0.29) is 18.6 Å². The molecule has 136 valence electrons. The van der Waals surface area contributed by atoms with E-state index in [2.05, 4.69) is 9.84 Å². The summed E-state index contributed by atoms with van der Waals surface area (Å²) in [4.78, 5) is 50.9. The monoisotopic (exact) mass is 357 g/mol. The fourth-order valence-electron chi connectivity index (χ4n) is 3.58. The molecular weight excluding hydrogens is 338 g/mol. The molecule has 8 nitrogen and oxygen atoms in total. The number of amides is 3. The smallest absolute Gasteiger partial charge is 0.354 e. The average molecular weight is 357 g/mol. The summed E-state index contributed by atoms with van der Waals surface area (Å²) in [5, 5.41) is 4.91. The number of imide groups is 1. The number of esters is 1. The summed E-state index contributed by atoms with van der Waals surface area (Å²) in [5.74, 6) is -2.25. The number of benzene rings is 1. The van der Waals surface area contributed by atoms with E-state index in [1.807, 2.05) is 19.9 Å². The highest BCUT2D eigenvalue weighted by Gasteiger charge is 2.61. The number of nitrogens with zero attached hydrogens (tertiary/aromatic N) is 3. The number of hydrogen-bond acceptors (Lipinski definition) is 6. The third-order valence-electron chi connectivity index (χ3n) is 4.56. The van der Waals surface area contributed by atoms with Gasteiger partial charge in [0.1, 0.15) is 5.71 Å². The van der Waals surface area contributed by atoms with Gasteiger partial charge in [0.15, 0.2) is 5.54 Å². The highest BCUT2D eigenvalue weighted by atomic mass is 16.5. The van der Waals surface area contributed by atoms with Crippen molar-refractivity contribution in [2.75, 3.05) is 12.0 Å². The van der Waals surface area contributed by atoms with E-state index in [4.69, 9.17) is 0 Å². The summed E-state index contributed by atoms with van der Waals surface area (Å²) >= 11 is 0. The summed E-state index contributed by atoms with van der Waals surface area (Å²) in [5.41, 5.74) is 0.700. The molecule has 3 amide bonds. The van der Waals surface area contributed by atoms with Gasteiger partial charge in [0.05, 0.1) is 19.2 Å². The van der Waals surface area contributed by atoms with Crippen LogP contribution in [0.5, 0.6) is 0 Å². The molecule has 1 atom stereocenters. The molecule has 0 aliphatic carbocycles. The molecule has 1 aromatic carbocycles. The summed E-state index contributed by atoms with van der Waals surface area (Å²) < 4.78 is 4.65. The van der Waals surface area contributed by atoms with Crippen LogP contribution in [-0.2, 0) is 23.9 Å². The van der Waals surface area contributed by atoms with E-state index < -0.39 is 29.2 Å². The predicted octanol–water partition coefficient (Wildman–Crippen LogP) is 1.09. The Labute approximate surface area is 150 Å². The summed E-state index contributed by atoms with van der Waals surface area (Å²) in [7, 11) is 1.19. The van der Waals surface area contributed by atoms with Crippen LogP contribution >= 0.6 is 0 Å². The van der Waals surface area contributed by atoms with E-state index in [1.165, 1.54) is 14.0 Å². The first-order chi connectivity index (χ1) is 12.2. The predicted molar refractivity (Wildman–Crippen MR) is 92.3 cm³/mol. The number of anilines is 1. The largest absolute Gasteiger partial charge is 0.464 e. The summed E-state index contributed by atoms with van der Waals surface area (Å²) in [6, 6.07) is 5.40. The van der Waals surface area contributed by atoms with Crippen LogP contribution in [0.1, 0.15) is 30.9 Å². The van der Waals surface area contributed by atoms with Crippen LogP contribution in [-0.4, -0.2) is 47.1 Å². The Balaban J connectivity index is 2.04. The fourth-order valence-corrected chi connectivity index (χ4v) is 3.58. The maximum Gasteiger partial charge on any atom is 0.354 e. The van der Waals surface area contributed by atoms with Gasteiger partial charge in [0.2, 0.25) is 11.8 Å². The third kappa shape index (κ3) is 2.58. The Kier molecular flexibility index (Phi) is 4.14. The Bertz CT molecular complexity index is 855. The highest BCUT2D eigenvalue weighted by molar-refractivity contribution is 6.39. The second-order valence-electron chi connectivity index (χ2n) is 6.63. The van der Waals surface area contributed by atoms with E-state index >= 15 is 0 Å². The number of hydrogen-bond donors (Lipinski definition) is 0. The van der Waals surface area contributed by atoms with Crippen LogP contribution in [0.4, 0.5) is 5.69 Å². The minimum atomic E-state index is -1.51. The van der Waals surface area contributed by atoms with E-state index in [9.17, 15) is 19.2 Å². The zero-order chi connectivity index (χ0) is 19.2. The number of methoxy groups -OCH3 is 1. The van der Waals surface area contributed by atoms with Crippen LogP contribution in [0.3, 0.4) is 0 Å². The number of carbonyl (C=O) groups excluding carboxylic acids is 4. The zero-order valence-corrected chi connectivity index (χ0v) is 15.0. The standard InChI is InChI=1S/C18H19N3O5/c1-10-5-11(2)7-13(6-10)20-15(23)9-18(17(20)25)8-14(16(24)26-4)19-21(18)12(3)22/h5-7H,8-9H2,1-4H3/t18-/m1/s1. The maximum atomic E-state index is 13.2. The molecule has 26 heavy (non-hydrogen) atoms. The average Bonchev–Trinajstić information content (AvgIpc) is 3.04. The molecule has 1 spiro atoms. The quantitative estimate of drug-likeness (QED) is 0.583. The zero-order valence-electron chi connectivity index (χ0n) is 15.0. The van der Waals surface area contributed by atoms with Crippen LogP contribution in [0.15, 0.2) is 23.3 Å². The van der Waals surface area contributed by atoms with E-state index in [1.54, 1.807) is 12.1 Å². The van der Waals surface area contributed by atoms with Crippen LogP contribution in [0.2, 0.25) is 0 Å². The normalized spacial score (nSPS) is 22.2. The second kappa shape index (κ2) is 6.05. The maximum absolute atomic E-state index is 13.2. The highest BCUT2D eigenvalue weighted by Crippen LogP contribution is 2.40. The number of carbonyl (C=O) groups is 4. The molecule has 8 heteroatoms. The number of ether oxygens (including phenoxy) is 1. The summed E-state index contributed by atoms with van der Waals surface area (Å²) in [6.07, 6.45) is -0.381. The molecule has 1 saturated heterocycles. The molecule has 2 aliphatic rings. The SMILES string of the molecule is COC(=O)C1=NN(C(C)=O)[C@@]2(CC(=O)N(c3cc(C)cc(C)c3)C2=O)C1. The van der Waals surface area contributed by atoms with Gasteiger partial charge in [0, 0.05) is 13.3 Å². The van der Waals surface area contributed by atoms with Crippen LogP contribution in [0, 0.1) is 13.8 Å². The van der Waals surface area contributed by atoms with Gasteiger partial charge in [0.25, 0.3) is 5.91 Å².